The topological polar surface area (TPSA) is 88.5 Å². The van der Waals surface area contributed by atoms with Crippen LogP contribution in [0.2, 0.25) is 5.02 Å². The van der Waals surface area contributed by atoms with Gasteiger partial charge in [0.2, 0.25) is 0 Å². The quantitative estimate of drug-likeness (QED) is 0.517. The van der Waals surface area contributed by atoms with Crippen LogP contribution in [0, 0.1) is 26.2 Å². The Morgan fingerprint density at radius 2 is 1.85 bits per heavy atom. The summed E-state index contributed by atoms with van der Waals surface area (Å²) in [5.41, 5.74) is 8.87. The Morgan fingerprint density at radius 1 is 1.25 bits per heavy atom. The van der Waals surface area contributed by atoms with Crippen molar-refractivity contribution in [3.05, 3.63) is 39.8 Å². The fourth-order valence-electron chi connectivity index (χ4n) is 1.58. The molecule has 0 atom stereocenters. The summed E-state index contributed by atoms with van der Waals surface area (Å²) in [4.78, 5) is 13.0. The number of rotatable bonds is 3. The van der Waals surface area contributed by atoms with E-state index in [0.717, 1.165) is 17.0 Å². The number of amidine groups is 1. The second kappa shape index (κ2) is 5.76. The molecule has 3 N–H and O–H groups in total. The summed E-state index contributed by atoms with van der Waals surface area (Å²) in [6.07, 6.45) is 1.57. The maximum Gasteiger partial charge on any atom is 0.194 e. The lowest BCUT2D eigenvalue weighted by Gasteiger charge is -2.08. The molecule has 2 heterocycles. The smallest absolute Gasteiger partial charge is 0.194 e. The number of nitrogens with one attached hydrogen (secondary N) is 1. The van der Waals surface area contributed by atoms with Gasteiger partial charge in [0.1, 0.15) is 10.9 Å². The maximum absolute atomic E-state index is 7.47. The summed E-state index contributed by atoms with van der Waals surface area (Å²) in [5.74, 6) is -0.0866. The lowest BCUT2D eigenvalue weighted by atomic mass is 10.2. The molecular weight excluding hydrogens is 294 g/mol. The molecule has 2 aromatic heterocycles. The number of nitrogens with two attached hydrogens (primary N) is 1. The summed E-state index contributed by atoms with van der Waals surface area (Å²) in [7, 11) is 0. The van der Waals surface area contributed by atoms with Gasteiger partial charge in [-0.2, -0.15) is 0 Å². The van der Waals surface area contributed by atoms with Gasteiger partial charge in [-0.25, -0.2) is 15.0 Å². The van der Waals surface area contributed by atoms with Crippen LogP contribution in [0.25, 0.3) is 0 Å². The van der Waals surface area contributed by atoms with Crippen molar-refractivity contribution in [2.45, 2.75) is 31.0 Å². The van der Waals surface area contributed by atoms with Crippen LogP contribution >= 0.6 is 23.4 Å². The first-order valence-corrected chi connectivity index (χ1v) is 7.08. The number of nitrogens with zero attached hydrogens (tertiary/aromatic N) is 3. The second-order valence-corrected chi connectivity index (χ2v) is 5.63. The van der Waals surface area contributed by atoms with Crippen LogP contribution in [0.1, 0.15) is 22.5 Å². The van der Waals surface area contributed by atoms with Crippen LogP contribution in [-0.2, 0) is 0 Å². The number of hydrogen-bond donors (Lipinski definition) is 2. The number of hydrogen-bond acceptors (Lipinski definition) is 5. The van der Waals surface area contributed by atoms with E-state index in [9.17, 15) is 0 Å². The molecule has 0 fully saturated rings. The number of aromatic nitrogens is 3. The van der Waals surface area contributed by atoms with E-state index in [1.54, 1.807) is 12.3 Å². The van der Waals surface area contributed by atoms with Gasteiger partial charge in [-0.15, -0.1) is 0 Å². The average Bonchev–Trinajstić information content (AvgIpc) is 2.38. The Labute approximate surface area is 126 Å². The zero-order chi connectivity index (χ0) is 14.9. The summed E-state index contributed by atoms with van der Waals surface area (Å²) in [5, 5.41) is 8.95. The predicted molar refractivity (Wildman–Crippen MR) is 80.6 cm³/mol. The zero-order valence-corrected chi connectivity index (χ0v) is 12.9. The van der Waals surface area contributed by atoms with Crippen LogP contribution < -0.4 is 5.73 Å². The monoisotopic (exact) mass is 307 g/mol. The molecule has 2 rings (SSSR count). The van der Waals surface area contributed by atoms with Gasteiger partial charge in [0, 0.05) is 23.1 Å². The van der Waals surface area contributed by atoms with Crippen molar-refractivity contribution in [3.63, 3.8) is 0 Å². The van der Waals surface area contributed by atoms with Crippen molar-refractivity contribution in [1.82, 2.24) is 15.0 Å². The maximum atomic E-state index is 7.47. The van der Waals surface area contributed by atoms with Crippen LogP contribution in [0.5, 0.6) is 0 Å². The SMILES string of the molecule is Cc1nc(Sc2nccc(C(=N)N)c2Cl)nc(C)c1C. The van der Waals surface area contributed by atoms with Gasteiger partial charge in [0.15, 0.2) is 5.16 Å². The van der Waals surface area contributed by atoms with E-state index in [0.29, 0.717) is 20.8 Å². The van der Waals surface area contributed by atoms with Crippen LogP contribution in [0.15, 0.2) is 22.4 Å². The van der Waals surface area contributed by atoms with Gasteiger partial charge in [0.25, 0.3) is 0 Å². The highest BCUT2D eigenvalue weighted by atomic mass is 35.5. The lowest BCUT2D eigenvalue weighted by molar-refractivity contribution is 0.878. The van der Waals surface area contributed by atoms with Crippen molar-refractivity contribution in [2.75, 3.05) is 0 Å². The summed E-state index contributed by atoms with van der Waals surface area (Å²) in [6.45, 7) is 5.87. The average molecular weight is 308 g/mol. The first-order chi connectivity index (χ1) is 9.40. The van der Waals surface area contributed by atoms with Crippen LogP contribution in [0.4, 0.5) is 0 Å². The van der Waals surface area contributed by atoms with Gasteiger partial charge in [0.05, 0.1) is 5.02 Å². The molecule has 0 bridgehead atoms. The van der Waals surface area contributed by atoms with Crippen molar-refractivity contribution in [1.29, 1.82) is 5.41 Å². The Hall–Kier alpha value is -1.66. The van der Waals surface area contributed by atoms with E-state index in [1.807, 2.05) is 20.8 Å². The molecule has 0 saturated heterocycles. The molecule has 0 aromatic carbocycles. The van der Waals surface area contributed by atoms with E-state index < -0.39 is 0 Å². The van der Waals surface area contributed by atoms with Crippen molar-refractivity contribution in [3.8, 4) is 0 Å². The van der Waals surface area contributed by atoms with Crippen LogP contribution in [-0.4, -0.2) is 20.8 Å². The van der Waals surface area contributed by atoms with Gasteiger partial charge >= 0.3 is 0 Å². The second-order valence-electron chi connectivity index (χ2n) is 4.30. The summed E-state index contributed by atoms with van der Waals surface area (Å²) < 4.78 is 0. The first kappa shape index (κ1) is 14.7. The van der Waals surface area contributed by atoms with Crippen molar-refractivity contribution >= 4 is 29.2 Å². The van der Waals surface area contributed by atoms with Gasteiger partial charge in [-0.3, -0.25) is 5.41 Å². The van der Waals surface area contributed by atoms with E-state index in [-0.39, 0.29) is 5.84 Å². The summed E-state index contributed by atoms with van der Waals surface area (Å²) in [6, 6.07) is 1.61. The number of nitrogen functional groups attached to an aromatic ring is 1. The number of pyridine rings is 1. The highest BCUT2D eigenvalue weighted by Gasteiger charge is 2.13. The minimum absolute atomic E-state index is 0.0866. The fourth-order valence-corrected chi connectivity index (χ4v) is 2.76. The fraction of sp³-hybridized carbons (Fsp3) is 0.231. The Morgan fingerprint density at radius 3 is 2.40 bits per heavy atom. The number of aryl methyl sites for hydroxylation is 2. The molecule has 7 heteroatoms. The molecule has 104 valence electrons. The molecule has 5 nitrogen and oxygen atoms in total. The van der Waals surface area contributed by atoms with E-state index >= 15 is 0 Å². The number of halogens is 1. The highest BCUT2D eigenvalue weighted by Crippen LogP contribution is 2.31. The summed E-state index contributed by atoms with van der Waals surface area (Å²) >= 11 is 7.47. The molecule has 20 heavy (non-hydrogen) atoms. The third-order valence-electron chi connectivity index (χ3n) is 2.95. The highest BCUT2D eigenvalue weighted by molar-refractivity contribution is 7.99. The predicted octanol–water partition coefficient (Wildman–Crippen LogP) is 2.89. The molecule has 0 saturated carbocycles. The zero-order valence-electron chi connectivity index (χ0n) is 11.4. The normalized spacial score (nSPS) is 10.6. The minimum Gasteiger partial charge on any atom is -0.384 e. The van der Waals surface area contributed by atoms with E-state index in [2.05, 4.69) is 15.0 Å². The standard InChI is InChI=1S/C13H14ClN5S/c1-6-7(2)18-13(19-8(6)3)20-12-10(14)9(11(15)16)4-5-17-12/h4-5H,1-3H3,(H3,15,16). The molecule has 0 unspecified atom stereocenters. The van der Waals surface area contributed by atoms with Crippen molar-refractivity contribution < 1.29 is 0 Å². The van der Waals surface area contributed by atoms with Crippen molar-refractivity contribution in [2.24, 2.45) is 5.73 Å². The molecule has 0 aliphatic heterocycles. The molecule has 0 amide bonds. The van der Waals surface area contributed by atoms with Gasteiger partial charge in [-0.1, -0.05) is 11.6 Å². The van der Waals surface area contributed by atoms with E-state index in [1.165, 1.54) is 11.8 Å². The molecular formula is C13H14ClN5S. The largest absolute Gasteiger partial charge is 0.384 e. The van der Waals surface area contributed by atoms with Gasteiger partial charge < -0.3 is 5.73 Å². The molecule has 0 spiro atoms. The molecule has 0 aliphatic carbocycles. The Bertz CT molecular complexity index is 663. The van der Waals surface area contributed by atoms with Crippen LogP contribution in [0.3, 0.4) is 0 Å². The minimum atomic E-state index is -0.0866. The Balaban J connectivity index is 2.40. The Kier molecular flexibility index (Phi) is 4.25. The molecule has 0 aliphatic rings. The first-order valence-electron chi connectivity index (χ1n) is 5.88. The van der Waals surface area contributed by atoms with Gasteiger partial charge in [-0.05, 0) is 44.2 Å². The third kappa shape index (κ3) is 2.91. The lowest BCUT2D eigenvalue weighted by Crippen LogP contribution is -2.12. The third-order valence-corrected chi connectivity index (χ3v) is 4.31. The molecule has 2 aromatic rings. The molecule has 0 radical (unpaired) electrons. The van der Waals surface area contributed by atoms with E-state index in [4.69, 9.17) is 22.7 Å².